The molecule has 2 aromatic carbocycles. The Hall–Kier alpha value is -1.18. The Morgan fingerprint density at radius 3 is 2.75 bits per heavy atom. The molecule has 3 rings (SSSR count). The van der Waals surface area contributed by atoms with Gasteiger partial charge >= 0.3 is 0 Å². The van der Waals surface area contributed by atoms with E-state index in [9.17, 15) is 0 Å². The highest BCUT2D eigenvalue weighted by Gasteiger charge is 2.22. The molecule has 20 heavy (non-hydrogen) atoms. The van der Waals surface area contributed by atoms with Gasteiger partial charge in [0, 0.05) is 28.8 Å². The number of hydrogen-bond acceptors (Lipinski definition) is 1. The monoisotopic (exact) mass is 305 g/mol. The Bertz CT molecular complexity index is 624. The van der Waals surface area contributed by atoms with Crippen molar-refractivity contribution in [1.29, 1.82) is 0 Å². The smallest absolute Gasteiger partial charge is 0.0488 e. The van der Waals surface area contributed by atoms with Gasteiger partial charge in [0.15, 0.2) is 0 Å². The number of benzene rings is 2. The molecule has 1 atom stereocenters. The van der Waals surface area contributed by atoms with Crippen molar-refractivity contribution in [2.75, 3.05) is 11.4 Å². The van der Waals surface area contributed by atoms with Gasteiger partial charge < -0.3 is 4.90 Å². The Labute approximate surface area is 130 Å². The summed E-state index contributed by atoms with van der Waals surface area (Å²) >= 11 is 12.2. The third-order valence-corrected chi connectivity index (χ3v) is 4.48. The molecule has 0 saturated carbocycles. The second-order valence-electron chi connectivity index (χ2n) is 5.46. The standard InChI is InChI=1S/C17H17Cl2N/c1-12-8-13-4-2-3-5-17(13)20(11-12)15-7-6-14(10-18)16(19)9-15/h2-7,9,12H,8,10-11H2,1H3. The van der Waals surface area contributed by atoms with Gasteiger partial charge in [-0.05, 0) is 41.7 Å². The molecule has 0 radical (unpaired) electrons. The van der Waals surface area contributed by atoms with Gasteiger partial charge in [-0.25, -0.2) is 0 Å². The van der Waals surface area contributed by atoms with Gasteiger partial charge in [0.1, 0.15) is 0 Å². The fourth-order valence-electron chi connectivity index (χ4n) is 2.85. The summed E-state index contributed by atoms with van der Waals surface area (Å²) in [4.78, 5) is 2.35. The van der Waals surface area contributed by atoms with Crippen LogP contribution in [0.4, 0.5) is 11.4 Å². The minimum absolute atomic E-state index is 0.450. The molecule has 0 amide bonds. The molecular formula is C17H17Cl2N. The molecular weight excluding hydrogens is 289 g/mol. The summed E-state index contributed by atoms with van der Waals surface area (Å²) in [5, 5.41) is 0.744. The predicted molar refractivity (Wildman–Crippen MR) is 87.3 cm³/mol. The molecule has 1 heterocycles. The topological polar surface area (TPSA) is 3.24 Å². The maximum absolute atomic E-state index is 6.30. The van der Waals surface area contributed by atoms with Gasteiger partial charge in [-0.15, -0.1) is 11.6 Å². The van der Waals surface area contributed by atoms with Crippen molar-refractivity contribution in [3.05, 3.63) is 58.6 Å². The average molecular weight is 306 g/mol. The zero-order valence-electron chi connectivity index (χ0n) is 11.4. The second-order valence-corrected chi connectivity index (χ2v) is 6.13. The molecule has 0 spiro atoms. The fraction of sp³-hybridized carbons (Fsp3) is 0.294. The molecule has 1 aliphatic heterocycles. The summed E-state index contributed by atoms with van der Waals surface area (Å²) in [6.45, 7) is 3.31. The Morgan fingerprint density at radius 1 is 1.20 bits per heavy atom. The van der Waals surface area contributed by atoms with E-state index < -0.39 is 0 Å². The van der Waals surface area contributed by atoms with Crippen LogP contribution in [0.25, 0.3) is 0 Å². The fourth-order valence-corrected chi connectivity index (χ4v) is 3.40. The van der Waals surface area contributed by atoms with Crippen molar-refractivity contribution in [1.82, 2.24) is 0 Å². The maximum Gasteiger partial charge on any atom is 0.0488 e. The number of para-hydroxylation sites is 1. The molecule has 0 fully saturated rings. The van der Waals surface area contributed by atoms with E-state index in [2.05, 4.69) is 42.2 Å². The Morgan fingerprint density at radius 2 is 2.00 bits per heavy atom. The first-order chi connectivity index (χ1) is 9.69. The van der Waals surface area contributed by atoms with E-state index in [0.29, 0.717) is 11.8 Å². The van der Waals surface area contributed by atoms with Crippen LogP contribution in [0.3, 0.4) is 0 Å². The summed E-state index contributed by atoms with van der Waals surface area (Å²) in [5.41, 5.74) is 4.82. The number of rotatable bonds is 2. The van der Waals surface area contributed by atoms with Crippen LogP contribution in [-0.4, -0.2) is 6.54 Å². The van der Waals surface area contributed by atoms with Gasteiger partial charge in [0.2, 0.25) is 0 Å². The van der Waals surface area contributed by atoms with Gasteiger partial charge in [-0.3, -0.25) is 0 Å². The number of anilines is 2. The van der Waals surface area contributed by atoms with Gasteiger partial charge in [-0.1, -0.05) is 42.8 Å². The van der Waals surface area contributed by atoms with Crippen molar-refractivity contribution in [3.8, 4) is 0 Å². The molecule has 0 aliphatic carbocycles. The SMILES string of the molecule is CC1Cc2ccccc2N(c2ccc(CCl)c(Cl)c2)C1. The number of nitrogens with zero attached hydrogens (tertiary/aromatic N) is 1. The lowest BCUT2D eigenvalue weighted by Crippen LogP contribution is -2.30. The van der Waals surface area contributed by atoms with Crippen LogP contribution in [0.1, 0.15) is 18.1 Å². The molecule has 0 N–H and O–H groups in total. The summed E-state index contributed by atoms with van der Waals surface area (Å²) in [6.07, 6.45) is 1.14. The van der Waals surface area contributed by atoms with E-state index in [0.717, 1.165) is 29.2 Å². The maximum atomic E-state index is 6.30. The highest BCUT2D eigenvalue weighted by molar-refractivity contribution is 6.32. The zero-order chi connectivity index (χ0) is 14.1. The number of fused-ring (bicyclic) bond motifs is 1. The molecule has 2 aromatic rings. The van der Waals surface area contributed by atoms with Gasteiger partial charge in [0.25, 0.3) is 0 Å². The molecule has 3 heteroatoms. The van der Waals surface area contributed by atoms with Crippen molar-refractivity contribution in [2.45, 2.75) is 19.2 Å². The van der Waals surface area contributed by atoms with Crippen LogP contribution in [0, 0.1) is 5.92 Å². The molecule has 1 aliphatic rings. The molecule has 0 bridgehead atoms. The van der Waals surface area contributed by atoms with E-state index in [1.54, 1.807) is 0 Å². The van der Waals surface area contributed by atoms with Gasteiger partial charge in [0.05, 0.1) is 0 Å². The third kappa shape index (κ3) is 2.53. The predicted octanol–water partition coefficient (Wildman–Crippen LogP) is 5.41. The van der Waals surface area contributed by atoms with E-state index in [4.69, 9.17) is 23.2 Å². The summed E-state index contributed by atoms with van der Waals surface area (Å²) in [5.74, 6) is 1.09. The van der Waals surface area contributed by atoms with Crippen LogP contribution in [0.2, 0.25) is 5.02 Å². The molecule has 1 unspecified atom stereocenters. The van der Waals surface area contributed by atoms with Crippen molar-refractivity contribution in [2.24, 2.45) is 5.92 Å². The first-order valence-electron chi connectivity index (χ1n) is 6.89. The van der Waals surface area contributed by atoms with E-state index in [1.807, 2.05) is 12.1 Å². The van der Waals surface area contributed by atoms with Crippen LogP contribution < -0.4 is 4.90 Å². The molecule has 0 saturated heterocycles. The van der Waals surface area contributed by atoms with Crippen molar-refractivity contribution in [3.63, 3.8) is 0 Å². The Balaban J connectivity index is 2.04. The highest BCUT2D eigenvalue weighted by atomic mass is 35.5. The quantitative estimate of drug-likeness (QED) is 0.671. The normalized spacial score (nSPS) is 17.9. The largest absolute Gasteiger partial charge is 0.341 e. The number of hydrogen-bond donors (Lipinski definition) is 0. The summed E-state index contributed by atoms with van der Waals surface area (Å²) < 4.78 is 0. The average Bonchev–Trinajstić information content (AvgIpc) is 2.46. The molecule has 104 valence electrons. The van der Waals surface area contributed by atoms with Crippen molar-refractivity contribution >= 4 is 34.6 Å². The van der Waals surface area contributed by atoms with E-state index >= 15 is 0 Å². The van der Waals surface area contributed by atoms with Crippen LogP contribution >= 0.6 is 23.2 Å². The van der Waals surface area contributed by atoms with Crippen LogP contribution in [0.15, 0.2) is 42.5 Å². The number of alkyl halides is 1. The first kappa shape index (κ1) is 13.8. The minimum atomic E-state index is 0.450. The molecule has 0 aromatic heterocycles. The number of halogens is 2. The lowest BCUT2D eigenvalue weighted by Gasteiger charge is -2.35. The first-order valence-corrected chi connectivity index (χ1v) is 7.80. The molecule has 1 nitrogen and oxygen atoms in total. The van der Waals surface area contributed by atoms with Crippen LogP contribution in [0.5, 0.6) is 0 Å². The van der Waals surface area contributed by atoms with Crippen LogP contribution in [-0.2, 0) is 12.3 Å². The summed E-state index contributed by atoms with van der Waals surface area (Å²) in [7, 11) is 0. The Kier molecular flexibility index (Phi) is 3.91. The lowest BCUT2D eigenvalue weighted by atomic mass is 9.93. The van der Waals surface area contributed by atoms with Gasteiger partial charge in [-0.2, -0.15) is 0 Å². The zero-order valence-corrected chi connectivity index (χ0v) is 13.0. The second kappa shape index (κ2) is 5.67. The van der Waals surface area contributed by atoms with E-state index in [1.165, 1.54) is 11.3 Å². The van der Waals surface area contributed by atoms with Crippen molar-refractivity contribution < 1.29 is 0 Å². The highest BCUT2D eigenvalue weighted by Crippen LogP contribution is 2.36. The summed E-state index contributed by atoms with van der Waals surface area (Å²) in [6, 6.07) is 14.8. The van der Waals surface area contributed by atoms with E-state index in [-0.39, 0.29) is 0 Å². The minimum Gasteiger partial charge on any atom is -0.341 e. The third-order valence-electron chi connectivity index (χ3n) is 3.84. The lowest BCUT2D eigenvalue weighted by molar-refractivity contribution is 0.562.